The molecular formula is C17H14ClFN2O. The van der Waals surface area contributed by atoms with E-state index in [4.69, 9.17) is 16.0 Å². The summed E-state index contributed by atoms with van der Waals surface area (Å²) >= 11 is 5.97. The largest absolute Gasteiger partial charge is 0.439 e. The van der Waals surface area contributed by atoms with Crippen LogP contribution in [0.25, 0.3) is 11.3 Å². The Labute approximate surface area is 132 Å². The van der Waals surface area contributed by atoms with E-state index in [1.165, 1.54) is 12.1 Å². The molecule has 0 aliphatic heterocycles. The Kier molecular flexibility index (Phi) is 4.11. The molecule has 0 aliphatic rings. The predicted octanol–water partition coefficient (Wildman–Crippen LogP) is 5.05. The molecule has 1 N–H and O–H groups in total. The Morgan fingerprint density at radius 1 is 1.23 bits per heavy atom. The van der Waals surface area contributed by atoms with Gasteiger partial charge in [-0.25, -0.2) is 9.37 Å². The Bertz CT molecular complexity index is 801. The molecule has 3 rings (SSSR count). The van der Waals surface area contributed by atoms with E-state index in [9.17, 15) is 4.39 Å². The van der Waals surface area contributed by atoms with E-state index in [2.05, 4.69) is 10.3 Å². The zero-order valence-corrected chi connectivity index (χ0v) is 12.7. The summed E-state index contributed by atoms with van der Waals surface area (Å²) in [4.78, 5) is 4.24. The second-order valence-electron chi connectivity index (χ2n) is 4.94. The summed E-state index contributed by atoms with van der Waals surface area (Å²) in [5, 5.41) is 3.83. The van der Waals surface area contributed by atoms with Crippen LogP contribution in [0.1, 0.15) is 11.5 Å². The van der Waals surface area contributed by atoms with Crippen LogP contribution in [0.15, 0.2) is 53.1 Å². The first-order valence-corrected chi connectivity index (χ1v) is 7.20. The van der Waals surface area contributed by atoms with Crippen molar-refractivity contribution in [2.24, 2.45) is 0 Å². The van der Waals surface area contributed by atoms with Gasteiger partial charge in [-0.1, -0.05) is 23.7 Å². The van der Waals surface area contributed by atoms with Crippen molar-refractivity contribution in [2.75, 3.05) is 5.32 Å². The first-order valence-electron chi connectivity index (χ1n) is 6.82. The van der Waals surface area contributed by atoms with Crippen LogP contribution in [0.5, 0.6) is 0 Å². The third-order valence-electron chi connectivity index (χ3n) is 3.28. The molecule has 0 aliphatic carbocycles. The third-order valence-corrected chi connectivity index (χ3v) is 3.52. The van der Waals surface area contributed by atoms with Crippen molar-refractivity contribution in [2.45, 2.75) is 13.5 Å². The van der Waals surface area contributed by atoms with E-state index < -0.39 is 0 Å². The number of rotatable bonds is 4. The summed E-state index contributed by atoms with van der Waals surface area (Å²) in [5.41, 5.74) is 2.56. The van der Waals surface area contributed by atoms with Crippen molar-refractivity contribution in [3.8, 4) is 11.3 Å². The van der Waals surface area contributed by atoms with Gasteiger partial charge in [0.2, 0.25) is 5.89 Å². The van der Waals surface area contributed by atoms with Gasteiger partial charge < -0.3 is 9.73 Å². The molecule has 1 heterocycles. The smallest absolute Gasteiger partial charge is 0.214 e. The molecule has 0 saturated carbocycles. The Morgan fingerprint density at radius 3 is 2.86 bits per heavy atom. The SMILES string of the molecule is Cc1cc(F)ccc1NCc1ncc(-c2cccc(Cl)c2)o1. The van der Waals surface area contributed by atoms with Gasteiger partial charge in [-0.3, -0.25) is 0 Å². The number of oxazole rings is 1. The van der Waals surface area contributed by atoms with Crippen LogP contribution in [-0.4, -0.2) is 4.98 Å². The molecule has 0 saturated heterocycles. The van der Waals surface area contributed by atoms with E-state index in [0.29, 0.717) is 23.2 Å². The number of benzene rings is 2. The van der Waals surface area contributed by atoms with E-state index in [1.807, 2.05) is 25.1 Å². The molecule has 2 aromatic carbocycles. The van der Waals surface area contributed by atoms with E-state index in [-0.39, 0.29) is 5.82 Å². The maximum absolute atomic E-state index is 13.1. The van der Waals surface area contributed by atoms with Crippen molar-refractivity contribution in [1.82, 2.24) is 4.98 Å². The fourth-order valence-corrected chi connectivity index (χ4v) is 2.35. The zero-order valence-electron chi connectivity index (χ0n) is 11.9. The molecule has 0 unspecified atom stereocenters. The lowest BCUT2D eigenvalue weighted by atomic mass is 10.2. The van der Waals surface area contributed by atoms with Gasteiger partial charge in [0, 0.05) is 16.3 Å². The van der Waals surface area contributed by atoms with Gasteiger partial charge >= 0.3 is 0 Å². The van der Waals surface area contributed by atoms with E-state index in [1.54, 1.807) is 18.3 Å². The van der Waals surface area contributed by atoms with Crippen LogP contribution in [0.4, 0.5) is 10.1 Å². The number of nitrogens with one attached hydrogen (secondary N) is 1. The lowest BCUT2D eigenvalue weighted by Crippen LogP contribution is -2.01. The minimum atomic E-state index is -0.248. The predicted molar refractivity (Wildman–Crippen MR) is 85.4 cm³/mol. The van der Waals surface area contributed by atoms with Gasteiger partial charge in [-0.05, 0) is 42.8 Å². The molecule has 3 aromatic rings. The monoisotopic (exact) mass is 316 g/mol. The second-order valence-corrected chi connectivity index (χ2v) is 5.38. The summed E-state index contributed by atoms with van der Waals surface area (Å²) in [7, 11) is 0. The van der Waals surface area contributed by atoms with Crippen molar-refractivity contribution >= 4 is 17.3 Å². The molecule has 0 amide bonds. The normalized spacial score (nSPS) is 10.7. The van der Waals surface area contributed by atoms with Crippen LogP contribution in [0.3, 0.4) is 0 Å². The maximum Gasteiger partial charge on any atom is 0.214 e. The Balaban J connectivity index is 1.72. The van der Waals surface area contributed by atoms with Crippen molar-refractivity contribution < 1.29 is 8.81 Å². The number of aryl methyl sites for hydroxylation is 1. The zero-order chi connectivity index (χ0) is 15.5. The number of aromatic nitrogens is 1. The van der Waals surface area contributed by atoms with Gasteiger partial charge in [0.15, 0.2) is 5.76 Å². The van der Waals surface area contributed by atoms with Crippen LogP contribution >= 0.6 is 11.6 Å². The van der Waals surface area contributed by atoms with Gasteiger partial charge in [0.25, 0.3) is 0 Å². The van der Waals surface area contributed by atoms with Crippen molar-refractivity contribution in [1.29, 1.82) is 0 Å². The lowest BCUT2D eigenvalue weighted by Gasteiger charge is -2.07. The summed E-state index contributed by atoms with van der Waals surface area (Å²) in [6.45, 7) is 2.27. The molecule has 112 valence electrons. The second kappa shape index (κ2) is 6.20. The van der Waals surface area contributed by atoms with Gasteiger partial charge in [-0.15, -0.1) is 0 Å². The Hall–Kier alpha value is -2.33. The number of nitrogens with zero attached hydrogens (tertiary/aromatic N) is 1. The molecule has 0 atom stereocenters. The molecule has 0 radical (unpaired) electrons. The molecule has 5 heteroatoms. The first-order chi connectivity index (χ1) is 10.6. The van der Waals surface area contributed by atoms with Crippen LogP contribution in [0.2, 0.25) is 5.02 Å². The van der Waals surface area contributed by atoms with Gasteiger partial charge in [0.05, 0.1) is 12.7 Å². The highest BCUT2D eigenvalue weighted by atomic mass is 35.5. The fraction of sp³-hybridized carbons (Fsp3) is 0.118. The highest BCUT2D eigenvalue weighted by Crippen LogP contribution is 2.24. The topological polar surface area (TPSA) is 38.1 Å². The average Bonchev–Trinajstić information content (AvgIpc) is 2.95. The molecule has 22 heavy (non-hydrogen) atoms. The van der Waals surface area contributed by atoms with E-state index in [0.717, 1.165) is 16.8 Å². The minimum Gasteiger partial charge on any atom is -0.439 e. The summed E-state index contributed by atoms with van der Waals surface area (Å²) in [5.74, 6) is 0.969. The van der Waals surface area contributed by atoms with Gasteiger partial charge in [0.1, 0.15) is 5.82 Å². The summed E-state index contributed by atoms with van der Waals surface area (Å²) in [6.07, 6.45) is 1.67. The molecule has 3 nitrogen and oxygen atoms in total. The average molecular weight is 317 g/mol. The highest BCUT2D eigenvalue weighted by Gasteiger charge is 2.07. The third kappa shape index (κ3) is 3.28. The molecular weight excluding hydrogens is 303 g/mol. The van der Waals surface area contributed by atoms with Crippen LogP contribution in [0, 0.1) is 12.7 Å². The Morgan fingerprint density at radius 2 is 2.09 bits per heavy atom. The fourth-order valence-electron chi connectivity index (χ4n) is 2.16. The van der Waals surface area contributed by atoms with Gasteiger partial charge in [-0.2, -0.15) is 0 Å². The number of halogens is 2. The van der Waals surface area contributed by atoms with Crippen LogP contribution < -0.4 is 5.32 Å². The quantitative estimate of drug-likeness (QED) is 0.731. The minimum absolute atomic E-state index is 0.248. The van der Waals surface area contributed by atoms with Crippen molar-refractivity contribution in [3.63, 3.8) is 0 Å². The molecule has 0 spiro atoms. The van der Waals surface area contributed by atoms with Crippen LogP contribution in [-0.2, 0) is 6.54 Å². The highest BCUT2D eigenvalue weighted by molar-refractivity contribution is 6.30. The molecule has 0 fully saturated rings. The van der Waals surface area contributed by atoms with Crippen molar-refractivity contribution in [3.05, 3.63) is 71.0 Å². The summed E-state index contributed by atoms with van der Waals surface area (Å²) < 4.78 is 18.8. The lowest BCUT2D eigenvalue weighted by molar-refractivity contribution is 0.516. The number of hydrogen-bond donors (Lipinski definition) is 1. The standard InChI is InChI=1S/C17H14ClFN2O/c1-11-7-14(19)5-6-15(11)20-10-17-21-9-16(22-17)12-3-2-4-13(18)8-12/h2-9,20H,10H2,1H3. The molecule has 0 bridgehead atoms. The summed E-state index contributed by atoms with van der Waals surface area (Å²) in [6, 6.07) is 12.0. The number of anilines is 1. The maximum atomic E-state index is 13.1. The number of hydrogen-bond acceptors (Lipinski definition) is 3. The first kappa shape index (κ1) is 14.6. The van der Waals surface area contributed by atoms with E-state index >= 15 is 0 Å². The molecule has 1 aromatic heterocycles.